The Morgan fingerprint density at radius 2 is 2.25 bits per heavy atom. The molecule has 0 aliphatic rings. The number of aromatic nitrogens is 1. The summed E-state index contributed by atoms with van der Waals surface area (Å²) >= 11 is 0. The number of rotatable bonds is 7. The molecule has 0 spiro atoms. The van der Waals surface area contributed by atoms with Crippen LogP contribution in [-0.4, -0.2) is 35.2 Å². The van der Waals surface area contributed by atoms with E-state index in [1.807, 2.05) is 6.92 Å². The average molecular weight is 281 g/mol. The van der Waals surface area contributed by atoms with Gasteiger partial charge in [-0.3, -0.25) is 4.79 Å². The minimum absolute atomic E-state index is 0.0903. The number of carbonyl (C=O) groups excluding carboxylic acids is 1. The maximum absolute atomic E-state index is 11.7. The lowest BCUT2D eigenvalue weighted by Gasteiger charge is -2.15. The monoisotopic (exact) mass is 281 g/mol. The van der Waals surface area contributed by atoms with Gasteiger partial charge >= 0.3 is 12.0 Å². The number of carboxylic acids is 1. The van der Waals surface area contributed by atoms with Crippen LogP contribution in [0.2, 0.25) is 0 Å². The van der Waals surface area contributed by atoms with Crippen molar-refractivity contribution < 1.29 is 19.4 Å². The SMILES string of the molecule is CCC(CC(=O)O)NC(=O)NCc1ccnc(OC)c1. The number of carboxylic acid groups (broad SMARTS) is 1. The number of hydrogen-bond acceptors (Lipinski definition) is 4. The molecule has 1 heterocycles. The molecule has 0 saturated carbocycles. The van der Waals surface area contributed by atoms with Crippen molar-refractivity contribution in [2.45, 2.75) is 32.4 Å². The molecule has 1 atom stereocenters. The molecule has 1 unspecified atom stereocenters. The fourth-order valence-electron chi connectivity index (χ4n) is 1.60. The summed E-state index contributed by atoms with van der Waals surface area (Å²) in [4.78, 5) is 26.2. The Labute approximate surface area is 117 Å². The lowest BCUT2D eigenvalue weighted by molar-refractivity contribution is -0.137. The molecule has 0 saturated heterocycles. The first-order valence-electron chi connectivity index (χ1n) is 6.30. The molecule has 0 fully saturated rings. The highest BCUT2D eigenvalue weighted by atomic mass is 16.5. The highest BCUT2D eigenvalue weighted by Crippen LogP contribution is 2.08. The van der Waals surface area contributed by atoms with Crippen molar-refractivity contribution in [2.24, 2.45) is 0 Å². The van der Waals surface area contributed by atoms with Gasteiger partial charge in [0, 0.05) is 24.8 Å². The van der Waals surface area contributed by atoms with Crippen molar-refractivity contribution in [3.63, 3.8) is 0 Å². The molecule has 1 aromatic heterocycles. The Bertz CT molecular complexity index is 465. The minimum Gasteiger partial charge on any atom is -0.481 e. The first-order valence-corrected chi connectivity index (χ1v) is 6.30. The van der Waals surface area contributed by atoms with Gasteiger partial charge in [0.15, 0.2) is 0 Å². The number of nitrogens with one attached hydrogen (secondary N) is 2. The predicted molar refractivity (Wildman–Crippen MR) is 72.5 cm³/mol. The van der Waals surface area contributed by atoms with Crippen LogP contribution in [0.1, 0.15) is 25.3 Å². The van der Waals surface area contributed by atoms with Gasteiger partial charge in [-0.2, -0.15) is 0 Å². The zero-order valence-corrected chi connectivity index (χ0v) is 11.5. The summed E-state index contributed by atoms with van der Waals surface area (Å²) in [5, 5.41) is 14.0. The molecule has 110 valence electrons. The fourth-order valence-corrected chi connectivity index (χ4v) is 1.60. The molecule has 0 bridgehead atoms. The average Bonchev–Trinajstić information content (AvgIpc) is 2.44. The molecule has 3 N–H and O–H groups in total. The maximum atomic E-state index is 11.7. The molecule has 0 aromatic carbocycles. The molecule has 1 aromatic rings. The molecular weight excluding hydrogens is 262 g/mol. The Morgan fingerprint density at radius 3 is 2.85 bits per heavy atom. The lowest BCUT2D eigenvalue weighted by atomic mass is 10.1. The van der Waals surface area contributed by atoms with Gasteiger partial charge in [0.05, 0.1) is 13.5 Å². The smallest absolute Gasteiger partial charge is 0.315 e. The van der Waals surface area contributed by atoms with Gasteiger partial charge in [0.25, 0.3) is 0 Å². The topological polar surface area (TPSA) is 101 Å². The van der Waals surface area contributed by atoms with Crippen LogP contribution in [0.3, 0.4) is 0 Å². The van der Waals surface area contributed by atoms with E-state index in [1.54, 1.807) is 18.3 Å². The van der Waals surface area contributed by atoms with E-state index in [-0.39, 0.29) is 12.5 Å². The van der Waals surface area contributed by atoms with Crippen molar-refractivity contribution in [1.82, 2.24) is 15.6 Å². The summed E-state index contributed by atoms with van der Waals surface area (Å²) in [6, 6.07) is 2.71. The zero-order chi connectivity index (χ0) is 15.0. The lowest BCUT2D eigenvalue weighted by Crippen LogP contribution is -2.42. The predicted octanol–water partition coefficient (Wildman–Crippen LogP) is 1.14. The van der Waals surface area contributed by atoms with Crippen LogP contribution >= 0.6 is 0 Å². The van der Waals surface area contributed by atoms with Gasteiger partial charge in [-0.15, -0.1) is 0 Å². The number of hydrogen-bond donors (Lipinski definition) is 3. The third-order valence-corrected chi connectivity index (χ3v) is 2.71. The molecule has 2 amide bonds. The Hall–Kier alpha value is -2.31. The van der Waals surface area contributed by atoms with Crippen LogP contribution in [0.15, 0.2) is 18.3 Å². The summed E-state index contributed by atoms with van der Waals surface area (Å²) < 4.78 is 4.98. The summed E-state index contributed by atoms with van der Waals surface area (Å²) in [6.45, 7) is 2.13. The number of ether oxygens (including phenoxy) is 1. The first-order chi connectivity index (χ1) is 9.55. The third kappa shape index (κ3) is 5.55. The third-order valence-electron chi connectivity index (χ3n) is 2.71. The van der Waals surface area contributed by atoms with E-state index in [4.69, 9.17) is 9.84 Å². The molecule has 20 heavy (non-hydrogen) atoms. The largest absolute Gasteiger partial charge is 0.481 e. The molecule has 7 nitrogen and oxygen atoms in total. The maximum Gasteiger partial charge on any atom is 0.315 e. The second-order valence-corrected chi connectivity index (χ2v) is 4.24. The summed E-state index contributed by atoms with van der Waals surface area (Å²) in [7, 11) is 1.52. The van der Waals surface area contributed by atoms with Gasteiger partial charge in [0.1, 0.15) is 0 Å². The number of methoxy groups -OCH3 is 1. The second-order valence-electron chi connectivity index (χ2n) is 4.24. The van der Waals surface area contributed by atoms with Crippen molar-refractivity contribution in [3.05, 3.63) is 23.9 Å². The van der Waals surface area contributed by atoms with Crippen molar-refractivity contribution in [1.29, 1.82) is 0 Å². The van der Waals surface area contributed by atoms with Crippen LogP contribution in [-0.2, 0) is 11.3 Å². The normalized spacial score (nSPS) is 11.5. The molecule has 0 aliphatic carbocycles. The van der Waals surface area contributed by atoms with Gasteiger partial charge in [-0.25, -0.2) is 9.78 Å². The standard InChI is InChI=1S/C13H19N3O4/c1-3-10(7-12(17)18)16-13(19)15-8-9-4-5-14-11(6-9)20-2/h4-6,10H,3,7-8H2,1-2H3,(H,17,18)(H2,15,16,19). The fraction of sp³-hybridized carbons (Fsp3) is 0.462. The van der Waals surface area contributed by atoms with Crippen molar-refractivity contribution in [3.8, 4) is 5.88 Å². The number of amides is 2. The first kappa shape index (κ1) is 15.7. The number of pyridine rings is 1. The molecule has 0 radical (unpaired) electrons. The van der Waals surface area contributed by atoms with E-state index in [0.717, 1.165) is 5.56 Å². The zero-order valence-electron chi connectivity index (χ0n) is 11.5. The number of aliphatic carboxylic acids is 1. The van der Waals surface area contributed by atoms with Gasteiger partial charge < -0.3 is 20.5 Å². The number of urea groups is 1. The van der Waals surface area contributed by atoms with E-state index in [2.05, 4.69) is 15.6 Å². The quantitative estimate of drug-likeness (QED) is 0.696. The van der Waals surface area contributed by atoms with Crippen molar-refractivity contribution >= 4 is 12.0 Å². The summed E-state index contributed by atoms with van der Waals surface area (Å²) in [5.74, 6) is -0.460. The summed E-state index contributed by atoms with van der Waals surface area (Å²) in [5.41, 5.74) is 0.846. The van der Waals surface area contributed by atoms with Crippen molar-refractivity contribution in [2.75, 3.05) is 7.11 Å². The Kier molecular flexibility index (Phi) is 6.28. The van der Waals surface area contributed by atoms with Gasteiger partial charge in [-0.05, 0) is 18.1 Å². The van der Waals surface area contributed by atoms with E-state index < -0.39 is 12.0 Å². The number of nitrogens with zero attached hydrogens (tertiary/aromatic N) is 1. The molecular formula is C13H19N3O4. The van der Waals surface area contributed by atoms with E-state index in [1.165, 1.54) is 7.11 Å². The van der Waals surface area contributed by atoms with Crippen LogP contribution in [0.5, 0.6) is 5.88 Å². The molecule has 0 aliphatic heterocycles. The Balaban J connectivity index is 2.43. The van der Waals surface area contributed by atoms with Gasteiger partial charge in [0.2, 0.25) is 5.88 Å². The van der Waals surface area contributed by atoms with Crippen LogP contribution in [0, 0.1) is 0 Å². The number of carbonyl (C=O) groups is 2. The minimum atomic E-state index is -0.934. The highest BCUT2D eigenvalue weighted by molar-refractivity contribution is 5.75. The van der Waals surface area contributed by atoms with E-state index >= 15 is 0 Å². The molecule has 1 rings (SSSR count). The van der Waals surface area contributed by atoms with Crippen LogP contribution in [0.4, 0.5) is 4.79 Å². The van der Waals surface area contributed by atoms with Gasteiger partial charge in [-0.1, -0.05) is 6.92 Å². The van der Waals surface area contributed by atoms with E-state index in [0.29, 0.717) is 18.8 Å². The summed E-state index contributed by atoms with van der Waals surface area (Å²) in [6.07, 6.45) is 2.06. The van der Waals surface area contributed by atoms with Crippen LogP contribution < -0.4 is 15.4 Å². The molecule has 7 heteroatoms. The Morgan fingerprint density at radius 1 is 1.50 bits per heavy atom. The second kappa shape index (κ2) is 7.98. The highest BCUT2D eigenvalue weighted by Gasteiger charge is 2.13. The van der Waals surface area contributed by atoms with Crippen LogP contribution in [0.25, 0.3) is 0 Å². The van der Waals surface area contributed by atoms with E-state index in [9.17, 15) is 9.59 Å².